The number of likely N-dealkylation sites (tertiary alicyclic amines) is 1. The number of fused-ring (bicyclic) bond motifs is 4. The Bertz CT molecular complexity index is 1900. The fourth-order valence-corrected chi connectivity index (χ4v) is 8.41. The molecule has 5 aliphatic rings. The second-order valence-electron chi connectivity index (χ2n) is 14.1. The fourth-order valence-electron chi connectivity index (χ4n) is 8.41. The quantitative estimate of drug-likeness (QED) is 0.332. The number of pyridine rings is 1. The molecule has 1 aromatic carbocycles. The molecule has 2 aliphatic carbocycles. The van der Waals surface area contributed by atoms with Crippen LogP contribution in [0.5, 0.6) is 5.75 Å². The van der Waals surface area contributed by atoms with Crippen LogP contribution in [0.1, 0.15) is 48.9 Å². The van der Waals surface area contributed by atoms with E-state index >= 15 is 0 Å². The standard InChI is InChI=1S/C34H40N8O4/c1-39-29-23(13-22(15-26(29)45-2)32(43)42-17-21-5-7-24(42)28(21)35)37-31(39)25-14-20-6-8-27(38-30(20)41(25)16-19-3-4-19)40-11-9-34(10-12-40)18-36-33(44)46-34/h6,8,13-15,19,21,24,28H,3-5,7,9-12,16-18,35H2,1-2H3,(H,36,44)/t21?,24?,28-/m1/s1. The first kappa shape index (κ1) is 27.9. The maximum Gasteiger partial charge on any atom is 0.407 e. The number of rotatable bonds is 6. The van der Waals surface area contributed by atoms with Crippen molar-refractivity contribution in [2.45, 2.75) is 62.8 Å². The van der Waals surface area contributed by atoms with Gasteiger partial charge in [0.05, 0.1) is 24.9 Å². The molecule has 9 rings (SSSR count). The van der Waals surface area contributed by atoms with Crippen molar-refractivity contribution in [1.82, 2.24) is 29.3 Å². The molecule has 3 aliphatic heterocycles. The number of carbonyl (C=O) groups is 2. The molecular formula is C34H40N8O4. The largest absolute Gasteiger partial charge is 0.494 e. The SMILES string of the molecule is COc1cc(C(=O)N2CC3CCC2[C@@H]3N)cc2nc(-c3cc4ccc(N5CCC6(CC5)CNC(=O)O6)nc4n3CC3CC3)n(C)c12. The lowest BCUT2D eigenvalue weighted by molar-refractivity contribution is 0.0366. The van der Waals surface area contributed by atoms with E-state index < -0.39 is 5.60 Å². The molecule has 12 nitrogen and oxygen atoms in total. The highest BCUT2D eigenvalue weighted by Gasteiger charge is 2.47. The molecule has 2 unspecified atom stereocenters. The van der Waals surface area contributed by atoms with E-state index in [9.17, 15) is 9.59 Å². The molecule has 3 N–H and O–H groups in total. The van der Waals surface area contributed by atoms with Crippen LogP contribution in [0, 0.1) is 11.8 Å². The number of nitrogens with two attached hydrogens (primary N) is 1. The van der Waals surface area contributed by atoms with Gasteiger partial charge in [0, 0.05) is 69.1 Å². The molecule has 2 amide bonds. The second kappa shape index (κ2) is 10.1. The second-order valence-corrected chi connectivity index (χ2v) is 14.1. The lowest BCUT2D eigenvalue weighted by atomic mass is 9.92. The van der Waals surface area contributed by atoms with E-state index in [-0.39, 0.29) is 24.1 Å². The van der Waals surface area contributed by atoms with Gasteiger partial charge in [-0.1, -0.05) is 0 Å². The third-order valence-electron chi connectivity index (χ3n) is 11.3. The van der Waals surface area contributed by atoms with Crippen molar-refractivity contribution in [3.05, 3.63) is 35.9 Å². The van der Waals surface area contributed by atoms with Crippen LogP contribution in [0.3, 0.4) is 0 Å². The first-order valence-corrected chi connectivity index (χ1v) is 16.6. The molecule has 3 aromatic heterocycles. The average Bonchev–Trinajstić information content (AvgIpc) is 3.25. The molecule has 0 radical (unpaired) electrons. The number of alkyl carbamates (subject to hydrolysis) is 1. The van der Waals surface area contributed by atoms with Gasteiger partial charge in [-0.05, 0) is 67.9 Å². The molecule has 1 spiro atoms. The minimum Gasteiger partial charge on any atom is -0.494 e. The minimum absolute atomic E-state index is 0.000573. The van der Waals surface area contributed by atoms with E-state index in [2.05, 4.69) is 37.5 Å². The van der Waals surface area contributed by atoms with Crippen LogP contribution < -0.4 is 20.7 Å². The van der Waals surface area contributed by atoms with E-state index in [1.54, 1.807) is 7.11 Å². The lowest BCUT2D eigenvalue weighted by Crippen LogP contribution is -2.46. The third kappa shape index (κ3) is 4.29. The van der Waals surface area contributed by atoms with Crippen molar-refractivity contribution in [3.8, 4) is 17.3 Å². The van der Waals surface area contributed by atoms with Crippen LogP contribution in [0.15, 0.2) is 30.3 Å². The van der Waals surface area contributed by atoms with Crippen molar-refractivity contribution < 1.29 is 19.1 Å². The van der Waals surface area contributed by atoms with Gasteiger partial charge in [-0.25, -0.2) is 14.8 Å². The van der Waals surface area contributed by atoms with Crippen LogP contribution in [-0.2, 0) is 18.3 Å². The molecule has 5 fully saturated rings. The minimum atomic E-state index is -0.399. The number of anilines is 1. The van der Waals surface area contributed by atoms with E-state index in [4.69, 9.17) is 25.2 Å². The fraction of sp³-hybridized carbons (Fsp3) is 0.529. The highest BCUT2D eigenvalue weighted by Crippen LogP contribution is 2.41. The zero-order valence-electron chi connectivity index (χ0n) is 26.4. The molecule has 4 aromatic rings. The van der Waals surface area contributed by atoms with Gasteiger partial charge in [-0.3, -0.25) is 4.79 Å². The summed E-state index contributed by atoms with van der Waals surface area (Å²) in [6, 6.07) is 10.4. The summed E-state index contributed by atoms with van der Waals surface area (Å²) in [6.45, 7) is 3.73. The van der Waals surface area contributed by atoms with Crippen LogP contribution >= 0.6 is 0 Å². The van der Waals surface area contributed by atoms with Crippen molar-refractivity contribution in [1.29, 1.82) is 0 Å². The highest BCUT2D eigenvalue weighted by atomic mass is 16.6. The smallest absolute Gasteiger partial charge is 0.407 e. The summed E-state index contributed by atoms with van der Waals surface area (Å²) in [4.78, 5) is 40.1. The maximum absolute atomic E-state index is 13.7. The van der Waals surface area contributed by atoms with Crippen LogP contribution in [-0.4, -0.2) is 87.0 Å². The van der Waals surface area contributed by atoms with E-state index in [1.807, 2.05) is 24.1 Å². The predicted molar refractivity (Wildman–Crippen MR) is 173 cm³/mol. The molecular weight excluding hydrogens is 584 g/mol. The number of nitrogens with one attached hydrogen (secondary N) is 1. The molecule has 6 heterocycles. The van der Waals surface area contributed by atoms with Gasteiger partial charge in [0.15, 0.2) is 5.82 Å². The Hall–Kier alpha value is -4.32. The number of amides is 2. The number of nitrogens with zero attached hydrogens (tertiary/aromatic N) is 6. The van der Waals surface area contributed by atoms with Gasteiger partial charge >= 0.3 is 6.09 Å². The number of aryl methyl sites for hydroxylation is 1. The Kier molecular flexibility index (Phi) is 6.13. The predicted octanol–water partition coefficient (Wildman–Crippen LogP) is 3.65. The Labute approximate surface area is 266 Å². The maximum atomic E-state index is 13.7. The van der Waals surface area contributed by atoms with E-state index in [0.29, 0.717) is 29.7 Å². The average molecular weight is 625 g/mol. The number of ether oxygens (including phenoxy) is 2. The molecule has 3 atom stereocenters. The molecule has 12 heteroatoms. The zero-order valence-corrected chi connectivity index (χ0v) is 26.4. The molecule has 46 heavy (non-hydrogen) atoms. The number of hydrogen-bond acceptors (Lipinski definition) is 8. The van der Waals surface area contributed by atoms with Gasteiger partial charge in [0.25, 0.3) is 5.91 Å². The number of aromatic nitrogens is 4. The topological polar surface area (TPSA) is 133 Å². The van der Waals surface area contributed by atoms with E-state index in [0.717, 1.165) is 91.3 Å². The van der Waals surface area contributed by atoms with Gasteiger partial charge in [0.2, 0.25) is 0 Å². The number of benzene rings is 1. The van der Waals surface area contributed by atoms with Gasteiger partial charge in [0.1, 0.15) is 28.3 Å². The van der Waals surface area contributed by atoms with Crippen molar-refractivity contribution in [2.24, 2.45) is 24.6 Å². The number of methoxy groups -OCH3 is 1. The summed E-state index contributed by atoms with van der Waals surface area (Å²) in [7, 11) is 3.66. The van der Waals surface area contributed by atoms with Crippen molar-refractivity contribution in [3.63, 3.8) is 0 Å². The summed E-state index contributed by atoms with van der Waals surface area (Å²) in [5.41, 5.74) is 10.2. The number of piperidine rings is 2. The van der Waals surface area contributed by atoms with Crippen LogP contribution in [0.4, 0.5) is 10.6 Å². The third-order valence-corrected chi connectivity index (χ3v) is 11.3. The lowest BCUT2D eigenvalue weighted by Gasteiger charge is -2.37. The van der Waals surface area contributed by atoms with Crippen molar-refractivity contribution >= 4 is 39.9 Å². The zero-order chi connectivity index (χ0) is 31.3. The monoisotopic (exact) mass is 624 g/mol. The number of hydrogen-bond donors (Lipinski definition) is 2. The summed E-state index contributed by atoms with van der Waals surface area (Å²) in [6.07, 6.45) is 5.73. The van der Waals surface area contributed by atoms with Crippen LogP contribution in [0.2, 0.25) is 0 Å². The summed E-state index contributed by atoms with van der Waals surface area (Å²) in [5, 5.41) is 3.89. The molecule has 2 bridgehead atoms. The number of imidazole rings is 1. The highest BCUT2D eigenvalue weighted by molar-refractivity contribution is 6.00. The van der Waals surface area contributed by atoms with Gasteiger partial charge < -0.3 is 39.5 Å². The molecule has 3 saturated heterocycles. The summed E-state index contributed by atoms with van der Waals surface area (Å²) in [5.74, 6) is 3.39. The Morgan fingerprint density at radius 1 is 1.13 bits per heavy atom. The normalized spacial score (nSPS) is 25.2. The summed E-state index contributed by atoms with van der Waals surface area (Å²) >= 11 is 0. The Balaban J connectivity index is 1.08. The van der Waals surface area contributed by atoms with Gasteiger partial charge in [-0.15, -0.1) is 0 Å². The number of carbonyl (C=O) groups excluding carboxylic acids is 2. The Morgan fingerprint density at radius 2 is 1.96 bits per heavy atom. The first-order chi connectivity index (χ1) is 22.3. The first-order valence-electron chi connectivity index (χ1n) is 16.6. The van der Waals surface area contributed by atoms with E-state index in [1.165, 1.54) is 12.8 Å². The van der Waals surface area contributed by atoms with Gasteiger partial charge in [-0.2, -0.15) is 0 Å². The summed E-state index contributed by atoms with van der Waals surface area (Å²) < 4.78 is 15.9. The molecule has 2 saturated carbocycles. The Morgan fingerprint density at radius 3 is 2.63 bits per heavy atom. The van der Waals surface area contributed by atoms with Crippen molar-refractivity contribution in [2.75, 3.05) is 38.2 Å². The van der Waals surface area contributed by atoms with Crippen LogP contribution in [0.25, 0.3) is 33.6 Å². The molecule has 240 valence electrons.